The van der Waals surface area contributed by atoms with Gasteiger partial charge in [0.2, 0.25) is 0 Å². The lowest BCUT2D eigenvalue weighted by molar-refractivity contribution is 0.0969. The molecule has 1 aliphatic heterocycles. The zero-order valence-electron chi connectivity index (χ0n) is 10.9. The lowest BCUT2D eigenvalue weighted by Crippen LogP contribution is -2.15. The lowest BCUT2D eigenvalue weighted by Gasteiger charge is -2.18. The molecule has 3 nitrogen and oxygen atoms in total. The Bertz CT molecular complexity index is 648. The van der Waals surface area contributed by atoms with Crippen LogP contribution in [0, 0.1) is 5.92 Å². The van der Waals surface area contributed by atoms with Crippen molar-refractivity contribution in [1.82, 2.24) is 0 Å². The van der Waals surface area contributed by atoms with Crippen molar-refractivity contribution >= 4 is 17.1 Å². The second kappa shape index (κ2) is 4.63. The van der Waals surface area contributed by atoms with Crippen LogP contribution in [-0.2, 0) is 0 Å². The Hall–Kier alpha value is -1.81. The van der Waals surface area contributed by atoms with E-state index in [0.29, 0.717) is 19.1 Å². The van der Waals surface area contributed by atoms with Crippen LogP contribution in [0.4, 0.5) is 0 Å². The van der Waals surface area contributed by atoms with E-state index in [2.05, 4.69) is 6.07 Å². The molecule has 1 aliphatic carbocycles. The van der Waals surface area contributed by atoms with Gasteiger partial charge in [0.05, 0.1) is 4.88 Å². The van der Waals surface area contributed by atoms with Crippen molar-refractivity contribution in [2.45, 2.75) is 12.3 Å². The van der Waals surface area contributed by atoms with E-state index in [-0.39, 0.29) is 11.7 Å². The maximum absolute atomic E-state index is 12.3. The number of benzene rings is 1. The molecule has 1 aromatic carbocycles. The van der Waals surface area contributed by atoms with Crippen molar-refractivity contribution < 1.29 is 14.3 Å². The highest BCUT2D eigenvalue weighted by Crippen LogP contribution is 2.51. The first-order valence-electron chi connectivity index (χ1n) is 6.80. The number of carbonyl (C=O) groups excluding carboxylic acids is 1. The molecule has 1 aromatic heterocycles. The zero-order chi connectivity index (χ0) is 13.5. The van der Waals surface area contributed by atoms with Crippen LogP contribution in [0.25, 0.3) is 0 Å². The molecule has 1 saturated carbocycles. The molecule has 4 heteroatoms. The number of ether oxygens (including phenoxy) is 2. The van der Waals surface area contributed by atoms with Crippen LogP contribution in [0.2, 0.25) is 0 Å². The molecule has 4 rings (SSSR count). The third-order valence-corrected chi connectivity index (χ3v) is 4.77. The molecule has 102 valence electrons. The molecule has 2 atom stereocenters. The summed E-state index contributed by atoms with van der Waals surface area (Å²) >= 11 is 1.53. The summed E-state index contributed by atoms with van der Waals surface area (Å²) in [6.45, 7) is 1.20. The highest BCUT2D eigenvalue weighted by molar-refractivity contribution is 7.12. The van der Waals surface area contributed by atoms with Gasteiger partial charge in [0, 0.05) is 5.92 Å². The number of carbonyl (C=O) groups is 1. The molecule has 0 bridgehead atoms. The summed E-state index contributed by atoms with van der Waals surface area (Å²) in [5.41, 5.74) is 1.18. The standard InChI is InChI=1S/C16H14O3S/c17-16(15-2-1-7-20-15)12-9-11(12)10-3-4-13-14(8-10)19-6-5-18-13/h1-4,7-8,11-12H,5-6,9H2. The van der Waals surface area contributed by atoms with Crippen LogP contribution in [-0.4, -0.2) is 19.0 Å². The second-order valence-electron chi connectivity index (χ2n) is 5.19. The topological polar surface area (TPSA) is 35.5 Å². The molecule has 0 saturated heterocycles. The van der Waals surface area contributed by atoms with Crippen molar-refractivity contribution in [3.63, 3.8) is 0 Å². The summed E-state index contributed by atoms with van der Waals surface area (Å²) in [4.78, 5) is 13.2. The van der Waals surface area contributed by atoms with Gasteiger partial charge in [-0.2, -0.15) is 0 Å². The minimum atomic E-state index is 0.135. The van der Waals surface area contributed by atoms with Crippen molar-refractivity contribution in [2.75, 3.05) is 13.2 Å². The van der Waals surface area contributed by atoms with Gasteiger partial charge in [-0.3, -0.25) is 4.79 Å². The van der Waals surface area contributed by atoms with Crippen LogP contribution in [0.15, 0.2) is 35.7 Å². The van der Waals surface area contributed by atoms with E-state index >= 15 is 0 Å². The summed E-state index contributed by atoms with van der Waals surface area (Å²) in [6.07, 6.45) is 0.941. The minimum Gasteiger partial charge on any atom is -0.486 e. The molecule has 2 unspecified atom stereocenters. The number of rotatable bonds is 3. The van der Waals surface area contributed by atoms with Crippen LogP contribution >= 0.6 is 11.3 Å². The Labute approximate surface area is 121 Å². The molecule has 1 fully saturated rings. The van der Waals surface area contributed by atoms with E-state index in [0.717, 1.165) is 22.8 Å². The summed E-state index contributed by atoms with van der Waals surface area (Å²) in [5, 5.41) is 1.95. The Morgan fingerprint density at radius 3 is 2.80 bits per heavy atom. The first-order chi connectivity index (χ1) is 9.83. The minimum absolute atomic E-state index is 0.135. The number of thiophene rings is 1. The highest BCUT2D eigenvalue weighted by atomic mass is 32.1. The quantitative estimate of drug-likeness (QED) is 0.810. The summed E-state index contributed by atoms with van der Waals surface area (Å²) in [7, 11) is 0. The number of Topliss-reactive ketones (excluding diaryl/α,β-unsaturated/α-hetero) is 1. The van der Waals surface area contributed by atoms with Gasteiger partial charge in [-0.05, 0) is 41.5 Å². The van der Waals surface area contributed by atoms with Gasteiger partial charge in [-0.15, -0.1) is 11.3 Å². The van der Waals surface area contributed by atoms with Gasteiger partial charge >= 0.3 is 0 Å². The second-order valence-corrected chi connectivity index (χ2v) is 6.14. The average Bonchev–Trinajstić information content (AvgIpc) is 3.11. The molecule has 2 heterocycles. The van der Waals surface area contributed by atoms with Crippen LogP contribution in [0.1, 0.15) is 27.6 Å². The molecule has 20 heavy (non-hydrogen) atoms. The summed E-state index contributed by atoms with van der Waals surface area (Å²) in [6, 6.07) is 9.88. The van der Waals surface area contributed by atoms with E-state index in [1.165, 1.54) is 16.9 Å². The Morgan fingerprint density at radius 1 is 1.15 bits per heavy atom. The third-order valence-electron chi connectivity index (χ3n) is 3.89. The van der Waals surface area contributed by atoms with Crippen molar-refractivity contribution in [3.8, 4) is 11.5 Å². The molecule has 0 radical (unpaired) electrons. The SMILES string of the molecule is O=C(c1cccs1)C1CC1c1ccc2c(c1)OCCO2. The summed E-state index contributed by atoms with van der Waals surface area (Å²) < 4.78 is 11.1. The first kappa shape index (κ1) is 12.0. The fourth-order valence-electron chi connectivity index (χ4n) is 2.75. The predicted octanol–water partition coefficient (Wildman–Crippen LogP) is 3.51. The number of ketones is 1. The molecule has 2 aromatic rings. The van der Waals surface area contributed by atoms with Gasteiger partial charge in [-0.25, -0.2) is 0 Å². The van der Waals surface area contributed by atoms with Gasteiger partial charge in [0.1, 0.15) is 13.2 Å². The Morgan fingerprint density at radius 2 is 2.00 bits per heavy atom. The van der Waals surface area contributed by atoms with Crippen molar-refractivity contribution in [1.29, 1.82) is 0 Å². The monoisotopic (exact) mass is 286 g/mol. The molecule has 0 amide bonds. The normalized spacial score (nSPS) is 23.4. The van der Waals surface area contributed by atoms with E-state index < -0.39 is 0 Å². The highest BCUT2D eigenvalue weighted by Gasteiger charge is 2.44. The van der Waals surface area contributed by atoms with E-state index in [4.69, 9.17) is 9.47 Å². The van der Waals surface area contributed by atoms with E-state index in [1.54, 1.807) is 0 Å². The maximum Gasteiger partial charge on any atom is 0.176 e. The van der Waals surface area contributed by atoms with Gasteiger partial charge < -0.3 is 9.47 Å². The number of hydrogen-bond acceptors (Lipinski definition) is 4. The fraction of sp³-hybridized carbons (Fsp3) is 0.312. The Balaban J connectivity index is 1.54. The van der Waals surface area contributed by atoms with Crippen molar-refractivity contribution in [2.24, 2.45) is 5.92 Å². The maximum atomic E-state index is 12.3. The third kappa shape index (κ3) is 2.00. The lowest BCUT2D eigenvalue weighted by atomic mass is 10.1. The zero-order valence-corrected chi connectivity index (χ0v) is 11.7. The molecule has 2 aliphatic rings. The van der Waals surface area contributed by atoms with Crippen LogP contribution in [0.3, 0.4) is 0 Å². The average molecular weight is 286 g/mol. The summed E-state index contributed by atoms with van der Waals surface area (Å²) in [5.74, 6) is 2.36. The van der Waals surface area contributed by atoms with Gasteiger partial charge in [0.15, 0.2) is 17.3 Å². The predicted molar refractivity (Wildman–Crippen MR) is 76.9 cm³/mol. The molecular weight excluding hydrogens is 272 g/mol. The van der Waals surface area contributed by atoms with E-state index in [1.807, 2.05) is 29.6 Å². The largest absolute Gasteiger partial charge is 0.486 e. The van der Waals surface area contributed by atoms with Crippen LogP contribution in [0.5, 0.6) is 11.5 Å². The van der Waals surface area contributed by atoms with Gasteiger partial charge in [0.25, 0.3) is 0 Å². The molecule has 0 N–H and O–H groups in total. The molecular formula is C16H14O3S. The Kier molecular flexibility index (Phi) is 2.77. The number of hydrogen-bond donors (Lipinski definition) is 0. The van der Waals surface area contributed by atoms with E-state index in [9.17, 15) is 4.79 Å². The van der Waals surface area contributed by atoms with Crippen molar-refractivity contribution in [3.05, 3.63) is 46.2 Å². The molecule has 0 spiro atoms. The first-order valence-corrected chi connectivity index (χ1v) is 7.68. The number of fused-ring (bicyclic) bond motifs is 1. The van der Waals surface area contributed by atoms with Crippen LogP contribution < -0.4 is 9.47 Å². The van der Waals surface area contributed by atoms with Gasteiger partial charge in [-0.1, -0.05) is 12.1 Å². The fourth-order valence-corrected chi connectivity index (χ4v) is 3.47. The smallest absolute Gasteiger partial charge is 0.176 e.